The number of rotatable bonds is 12. The minimum Gasteiger partial charge on any atom is -0.355 e. The Bertz CT molecular complexity index is 1100. The standard InChI is InChI=1S/C28H36N4O6/c1-29(15-23(35-3)36-4)17-31-21-13-9-7-11-19(21)25(27(31)33)26-20-12-8-10-14-22(20)32(28(26)34)18-30(2)16-24(37-5)38-6/h7-14,23-24H,15-18H2,1-6H3/b26-25+. The third kappa shape index (κ3) is 5.37. The van der Waals surface area contributed by atoms with E-state index >= 15 is 0 Å². The molecule has 2 aromatic carbocycles. The lowest BCUT2D eigenvalue weighted by molar-refractivity contribution is -0.118. The summed E-state index contributed by atoms with van der Waals surface area (Å²) in [6.07, 6.45) is -0.842. The predicted molar refractivity (Wildman–Crippen MR) is 145 cm³/mol. The van der Waals surface area contributed by atoms with Crippen molar-refractivity contribution in [2.45, 2.75) is 12.6 Å². The normalized spacial score (nSPS) is 17.1. The van der Waals surface area contributed by atoms with Crippen LogP contribution in [0.5, 0.6) is 0 Å². The summed E-state index contributed by atoms with van der Waals surface area (Å²) < 4.78 is 21.3. The zero-order chi connectivity index (χ0) is 27.4. The molecule has 10 heteroatoms. The molecular formula is C28H36N4O6. The number of methoxy groups -OCH3 is 4. The van der Waals surface area contributed by atoms with Crippen LogP contribution in [0.15, 0.2) is 48.5 Å². The van der Waals surface area contributed by atoms with Gasteiger partial charge in [0.05, 0.1) is 48.9 Å². The number of hydrogen-bond donors (Lipinski definition) is 0. The highest BCUT2D eigenvalue weighted by Crippen LogP contribution is 2.46. The summed E-state index contributed by atoms with van der Waals surface area (Å²) in [6, 6.07) is 15.2. The molecule has 38 heavy (non-hydrogen) atoms. The number of ether oxygens (including phenoxy) is 4. The lowest BCUT2D eigenvalue weighted by Crippen LogP contribution is -2.42. The van der Waals surface area contributed by atoms with Gasteiger partial charge in [0, 0.05) is 39.6 Å². The molecule has 0 radical (unpaired) electrons. The lowest BCUT2D eigenvalue weighted by atomic mass is 9.96. The Morgan fingerprint density at radius 2 is 0.974 bits per heavy atom. The van der Waals surface area contributed by atoms with Crippen LogP contribution in [-0.2, 0) is 28.5 Å². The summed E-state index contributed by atoms with van der Waals surface area (Å²) in [6.45, 7) is 1.56. The first kappa shape index (κ1) is 27.9. The van der Waals surface area contributed by atoms with E-state index in [2.05, 4.69) is 0 Å². The number of anilines is 2. The molecule has 2 heterocycles. The molecule has 2 amide bonds. The number of carbonyl (C=O) groups excluding carboxylic acids is 2. The van der Waals surface area contributed by atoms with E-state index in [1.165, 1.54) is 0 Å². The molecular weight excluding hydrogens is 488 g/mol. The van der Waals surface area contributed by atoms with Gasteiger partial charge in [-0.2, -0.15) is 0 Å². The molecule has 0 saturated carbocycles. The third-order valence-corrected chi connectivity index (χ3v) is 6.84. The van der Waals surface area contributed by atoms with Crippen LogP contribution in [0.25, 0.3) is 11.1 Å². The van der Waals surface area contributed by atoms with Gasteiger partial charge in [-0.3, -0.25) is 29.2 Å². The first-order chi connectivity index (χ1) is 18.3. The molecule has 2 aromatic rings. The zero-order valence-corrected chi connectivity index (χ0v) is 22.8. The molecule has 0 fully saturated rings. The van der Waals surface area contributed by atoms with Crippen molar-refractivity contribution in [3.63, 3.8) is 0 Å². The quantitative estimate of drug-likeness (QED) is 0.309. The van der Waals surface area contributed by atoms with Gasteiger partial charge in [0.25, 0.3) is 11.8 Å². The second-order valence-electron chi connectivity index (χ2n) is 9.41. The van der Waals surface area contributed by atoms with Crippen molar-refractivity contribution < 1.29 is 28.5 Å². The highest BCUT2D eigenvalue weighted by atomic mass is 16.7. The van der Waals surface area contributed by atoms with Crippen LogP contribution in [0, 0.1) is 0 Å². The second-order valence-corrected chi connectivity index (χ2v) is 9.41. The van der Waals surface area contributed by atoms with Crippen molar-refractivity contribution in [3.05, 3.63) is 59.7 Å². The molecule has 2 aliphatic rings. The number of para-hydroxylation sites is 2. The summed E-state index contributed by atoms with van der Waals surface area (Å²) in [7, 11) is 10.1. The van der Waals surface area contributed by atoms with Crippen molar-refractivity contribution in [2.75, 3.05) is 78.8 Å². The molecule has 4 rings (SSSR count). The average Bonchev–Trinajstić information content (AvgIpc) is 3.35. The Kier molecular flexibility index (Phi) is 8.93. The topological polar surface area (TPSA) is 84.0 Å². The first-order valence-electron chi connectivity index (χ1n) is 12.4. The van der Waals surface area contributed by atoms with Gasteiger partial charge in [-0.05, 0) is 26.2 Å². The van der Waals surface area contributed by atoms with Crippen LogP contribution < -0.4 is 9.80 Å². The van der Waals surface area contributed by atoms with Gasteiger partial charge in [-0.1, -0.05) is 36.4 Å². The zero-order valence-electron chi connectivity index (χ0n) is 22.8. The van der Waals surface area contributed by atoms with E-state index in [1.807, 2.05) is 72.4 Å². The van der Waals surface area contributed by atoms with Crippen molar-refractivity contribution in [3.8, 4) is 0 Å². The van der Waals surface area contributed by atoms with Gasteiger partial charge in [-0.15, -0.1) is 0 Å². The summed E-state index contributed by atoms with van der Waals surface area (Å²) in [5.41, 5.74) is 3.85. The lowest BCUT2D eigenvalue weighted by Gasteiger charge is -2.27. The molecule has 204 valence electrons. The van der Waals surface area contributed by atoms with Crippen LogP contribution in [0.3, 0.4) is 0 Å². The molecule has 2 aliphatic heterocycles. The Morgan fingerprint density at radius 1 is 0.632 bits per heavy atom. The van der Waals surface area contributed by atoms with E-state index in [4.69, 9.17) is 18.9 Å². The van der Waals surface area contributed by atoms with Crippen molar-refractivity contribution >= 4 is 34.3 Å². The molecule has 0 bridgehead atoms. The van der Waals surface area contributed by atoms with Crippen molar-refractivity contribution in [2.24, 2.45) is 0 Å². The number of likely N-dealkylation sites (N-methyl/N-ethyl adjacent to an activating group) is 2. The number of carbonyl (C=O) groups is 2. The van der Waals surface area contributed by atoms with Gasteiger partial charge in [0.1, 0.15) is 0 Å². The highest BCUT2D eigenvalue weighted by Gasteiger charge is 2.42. The molecule has 0 atom stereocenters. The maximum atomic E-state index is 14.0. The Balaban J connectivity index is 1.70. The second kappa shape index (κ2) is 12.2. The fourth-order valence-corrected chi connectivity index (χ4v) is 4.92. The molecule has 0 aliphatic carbocycles. The molecule has 0 spiro atoms. The molecule has 10 nitrogen and oxygen atoms in total. The SMILES string of the molecule is COC(CN(C)CN1C(=O)/C(=C2/C(=O)N(CN(C)CC(OC)OC)c3ccccc32)c2ccccc21)OC. The maximum absolute atomic E-state index is 14.0. The van der Waals surface area contributed by atoms with Gasteiger partial charge >= 0.3 is 0 Å². The molecule has 0 saturated heterocycles. The molecule has 0 unspecified atom stereocenters. The number of fused-ring (bicyclic) bond motifs is 2. The van der Waals surface area contributed by atoms with E-state index in [-0.39, 0.29) is 11.8 Å². The van der Waals surface area contributed by atoms with Crippen LogP contribution in [-0.4, -0.2) is 103 Å². The van der Waals surface area contributed by atoms with E-state index in [0.717, 1.165) is 22.5 Å². The van der Waals surface area contributed by atoms with Crippen LogP contribution in [0.1, 0.15) is 11.1 Å². The third-order valence-electron chi connectivity index (χ3n) is 6.84. The van der Waals surface area contributed by atoms with E-state index in [0.29, 0.717) is 37.6 Å². The van der Waals surface area contributed by atoms with E-state index < -0.39 is 12.6 Å². The summed E-state index contributed by atoms with van der Waals surface area (Å²) in [4.78, 5) is 35.3. The van der Waals surface area contributed by atoms with Gasteiger partial charge < -0.3 is 18.9 Å². The monoisotopic (exact) mass is 524 g/mol. The summed E-state index contributed by atoms with van der Waals surface area (Å²) >= 11 is 0. The Morgan fingerprint density at radius 3 is 1.32 bits per heavy atom. The average molecular weight is 525 g/mol. The predicted octanol–water partition coefficient (Wildman–Crippen LogP) is 2.31. The first-order valence-corrected chi connectivity index (χ1v) is 12.4. The largest absolute Gasteiger partial charge is 0.355 e. The molecule has 0 N–H and O–H groups in total. The fraction of sp³-hybridized carbons (Fsp3) is 0.429. The van der Waals surface area contributed by atoms with Crippen LogP contribution >= 0.6 is 0 Å². The number of hydrogen-bond acceptors (Lipinski definition) is 8. The van der Waals surface area contributed by atoms with Crippen LogP contribution in [0.4, 0.5) is 11.4 Å². The number of nitrogens with zero attached hydrogens (tertiary/aromatic N) is 4. The number of amides is 2. The minimum atomic E-state index is -0.421. The smallest absolute Gasteiger partial charge is 0.260 e. The maximum Gasteiger partial charge on any atom is 0.260 e. The molecule has 0 aromatic heterocycles. The van der Waals surface area contributed by atoms with Gasteiger partial charge in [-0.25, -0.2) is 0 Å². The minimum absolute atomic E-state index is 0.211. The Hall–Kier alpha value is -3.12. The van der Waals surface area contributed by atoms with Crippen LogP contribution in [0.2, 0.25) is 0 Å². The van der Waals surface area contributed by atoms with Gasteiger partial charge in [0.15, 0.2) is 12.6 Å². The van der Waals surface area contributed by atoms with E-state index in [9.17, 15) is 9.59 Å². The highest BCUT2D eigenvalue weighted by molar-refractivity contribution is 6.49. The van der Waals surface area contributed by atoms with Gasteiger partial charge in [0.2, 0.25) is 0 Å². The van der Waals surface area contributed by atoms with E-state index in [1.54, 1.807) is 38.2 Å². The van der Waals surface area contributed by atoms with Crippen molar-refractivity contribution in [1.29, 1.82) is 0 Å². The fourth-order valence-electron chi connectivity index (χ4n) is 4.92. The Labute approximate surface area is 223 Å². The summed E-state index contributed by atoms with van der Waals surface area (Å²) in [5, 5.41) is 0. The number of benzene rings is 2. The summed E-state index contributed by atoms with van der Waals surface area (Å²) in [5.74, 6) is -0.423. The van der Waals surface area contributed by atoms with Crippen molar-refractivity contribution in [1.82, 2.24) is 9.80 Å².